The SMILES string of the molecule is Cc1nc2c(cnn2C(C)C)cc1C(=O)NCCN.Cl.Cl. The molecule has 0 aliphatic carbocycles. The molecule has 1 amide bonds. The number of nitrogens with one attached hydrogen (secondary N) is 1. The zero-order valence-corrected chi connectivity index (χ0v) is 13.9. The van der Waals surface area contributed by atoms with Gasteiger partial charge in [0.05, 0.1) is 17.5 Å². The lowest BCUT2D eigenvalue weighted by Gasteiger charge is -2.09. The van der Waals surface area contributed by atoms with Gasteiger partial charge in [0.1, 0.15) is 0 Å². The average molecular weight is 334 g/mol. The minimum atomic E-state index is -0.144. The molecule has 3 N–H and O–H groups in total. The molecule has 0 fully saturated rings. The van der Waals surface area contributed by atoms with Gasteiger partial charge in [0.15, 0.2) is 5.65 Å². The third-order valence-corrected chi connectivity index (χ3v) is 2.92. The van der Waals surface area contributed by atoms with Crippen LogP contribution in [0.15, 0.2) is 12.3 Å². The predicted octanol–water partition coefficient (Wildman–Crippen LogP) is 1.85. The fraction of sp³-hybridized carbons (Fsp3) is 0.462. The van der Waals surface area contributed by atoms with Gasteiger partial charge in [-0.25, -0.2) is 9.67 Å². The van der Waals surface area contributed by atoms with E-state index >= 15 is 0 Å². The van der Waals surface area contributed by atoms with Gasteiger partial charge >= 0.3 is 0 Å². The molecule has 0 saturated carbocycles. The highest BCUT2D eigenvalue weighted by atomic mass is 35.5. The van der Waals surface area contributed by atoms with Gasteiger partial charge in [-0.2, -0.15) is 5.10 Å². The Labute approximate surface area is 136 Å². The summed E-state index contributed by atoms with van der Waals surface area (Å²) >= 11 is 0. The lowest BCUT2D eigenvalue weighted by atomic mass is 10.1. The van der Waals surface area contributed by atoms with E-state index < -0.39 is 0 Å². The summed E-state index contributed by atoms with van der Waals surface area (Å²) in [5, 5.41) is 7.93. The molecule has 0 aliphatic heterocycles. The van der Waals surface area contributed by atoms with Crippen molar-refractivity contribution in [2.75, 3.05) is 13.1 Å². The van der Waals surface area contributed by atoms with Crippen LogP contribution in [0.2, 0.25) is 0 Å². The van der Waals surface area contributed by atoms with Crippen LogP contribution in [-0.4, -0.2) is 33.8 Å². The fourth-order valence-electron chi connectivity index (χ4n) is 1.95. The Morgan fingerprint density at radius 3 is 2.67 bits per heavy atom. The van der Waals surface area contributed by atoms with Crippen LogP contribution in [0.25, 0.3) is 11.0 Å². The number of halogens is 2. The molecule has 0 spiro atoms. The fourth-order valence-corrected chi connectivity index (χ4v) is 1.95. The molecule has 8 heteroatoms. The Morgan fingerprint density at radius 1 is 1.43 bits per heavy atom. The Bertz CT molecular complexity index is 612. The second-order valence-corrected chi connectivity index (χ2v) is 4.76. The highest BCUT2D eigenvalue weighted by Crippen LogP contribution is 2.19. The first-order valence-corrected chi connectivity index (χ1v) is 6.37. The van der Waals surface area contributed by atoms with E-state index in [9.17, 15) is 4.79 Å². The van der Waals surface area contributed by atoms with Crippen LogP contribution in [0.3, 0.4) is 0 Å². The summed E-state index contributed by atoms with van der Waals surface area (Å²) in [6.45, 7) is 6.80. The summed E-state index contributed by atoms with van der Waals surface area (Å²) in [4.78, 5) is 16.5. The van der Waals surface area contributed by atoms with Crippen LogP contribution in [-0.2, 0) is 0 Å². The molecule has 0 bridgehead atoms. The molecule has 0 aromatic carbocycles. The molecular weight excluding hydrogens is 313 g/mol. The quantitative estimate of drug-likeness (QED) is 0.893. The van der Waals surface area contributed by atoms with Crippen molar-refractivity contribution in [2.45, 2.75) is 26.8 Å². The second-order valence-electron chi connectivity index (χ2n) is 4.76. The Balaban J connectivity index is 0.00000200. The first-order valence-electron chi connectivity index (χ1n) is 6.37. The van der Waals surface area contributed by atoms with Crippen molar-refractivity contribution in [3.8, 4) is 0 Å². The minimum Gasteiger partial charge on any atom is -0.351 e. The molecule has 6 nitrogen and oxygen atoms in total. The number of hydrogen-bond acceptors (Lipinski definition) is 4. The number of carbonyl (C=O) groups excluding carboxylic acids is 1. The van der Waals surface area contributed by atoms with E-state index in [4.69, 9.17) is 5.73 Å². The molecule has 0 atom stereocenters. The Kier molecular flexibility index (Phi) is 7.63. The summed E-state index contributed by atoms with van der Waals surface area (Å²) in [7, 11) is 0. The molecule has 0 unspecified atom stereocenters. The number of rotatable bonds is 4. The summed E-state index contributed by atoms with van der Waals surface area (Å²) in [5.74, 6) is -0.144. The maximum atomic E-state index is 12.0. The van der Waals surface area contributed by atoms with Gasteiger partial charge in [0, 0.05) is 24.5 Å². The topological polar surface area (TPSA) is 85.8 Å². The summed E-state index contributed by atoms with van der Waals surface area (Å²) < 4.78 is 1.85. The van der Waals surface area contributed by atoms with E-state index in [1.165, 1.54) is 0 Å². The average Bonchev–Trinajstić information content (AvgIpc) is 2.77. The molecule has 2 rings (SSSR count). The van der Waals surface area contributed by atoms with Crippen molar-refractivity contribution in [3.05, 3.63) is 23.5 Å². The van der Waals surface area contributed by atoms with Crippen molar-refractivity contribution < 1.29 is 4.79 Å². The molecule has 2 heterocycles. The smallest absolute Gasteiger partial charge is 0.253 e. The van der Waals surface area contributed by atoms with E-state index in [0.29, 0.717) is 24.3 Å². The van der Waals surface area contributed by atoms with E-state index in [-0.39, 0.29) is 36.8 Å². The van der Waals surface area contributed by atoms with E-state index in [2.05, 4.69) is 15.4 Å². The van der Waals surface area contributed by atoms with Crippen LogP contribution in [0, 0.1) is 6.92 Å². The zero-order chi connectivity index (χ0) is 14.0. The number of hydrogen-bond donors (Lipinski definition) is 2. The molecular formula is C13H21Cl2N5O. The molecule has 2 aromatic rings. The molecule has 2 aromatic heterocycles. The van der Waals surface area contributed by atoms with Gasteiger partial charge in [-0.1, -0.05) is 0 Å². The van der Waals surface area contributed by atoms with Gasteiger partial charge in [-0.3, -0.25) is 4.79 Å². The number of pyridine rings is 1. The zero-order valence-electron chi connectivity index (χ0n) is 12.3. The summed E-state index contributed by atoms with van der Waals surface area (Å²) in [6, 6.07) is 2.07. The summed E-state index contributed by atoms with van der Waals surface area (Å²) in [6.07, 6.45) is 1.74. The highest BCUT2D eigenvalue weighted by molar-refractivity contribution is 5.98. The molecule has 21 heavy (non-hydrogen) atoms. The van der Waals surface area contributed by atoms with Crippen LogP contribution in [0.5, 0.6) is 0 Å². The van der Waals surface area contributed by atoms with Crippen molar-refractivity contribution in [3.63, 3.8) is 0 Å². The number of fused-ring (bicyclic) bond motifs is 1. The maximum absolute atomic E-state index is 12.0. The monoisotopic (exact) mass is 333 g/mol. The van der Waals surface area contributed by atoms with Gasteiger partial charge in [-0.05, 0) is 26.8 Å². The van der Waals surface area contributed by atoms with Crippen molar-refractivity contribution in [2.24, 2.45) is 5.73 Å². The molecule has 0 radical (unpaired) electrons. The maximum Gasteiger partial charge on any atom is 0.253 e. The third kappa shape index (κ3) is 4.06. The minimum absolute atomic E-state index is 0. The Hall–Kier alpha value is -1.37. The van der Waals surface area contributed by atoms with Gasteiger partial charge in [0.25, 0.3) is 5.91 Å². The molecule has 118 valence electrons. The van der Waals surface area contributed by atoms with Crippen LogP contribution in [0.1, 0.15) is 35.9 Å². The number of aryl methyl sites for hydroxylation is 1. The summed E-state index contributed by atoms with van der Waals surface area (Å²) in [5.41, 5.74) is 7.46. The van der Waals surface area contributed by atoms with Crippen molar-refractivity contribution in [1.29, 1.82) is 0 Å². The van der Waals surface area contributed by atoms with E-state index in [0.717, 1.165) is 11.0 Å². The number of carbonyl (C=O) groups is 1. The lowest BCUT2D eigenvalue weighted by Crippen LogP contribution is -2.29. The number of amides is 1. The van der Waals surface area contributed by atoms with Gasteiger partial charge < -0.3 is 11.1 Å². The number of nitrogens with zero attached hydrogens (tertiary/aromatic N) is 3. The van der Waals surface area contributed by atoms with E-state index in [1.54, 1.807) is 6.20 Å². The van der Waals surface area contributed by atoms with Crippen LogP contribution >= 0.6 is 24.8 Å². The highest BCUT2D eigenvalue weighted by Gasteiger charge is 2.14. The van der Waals surface area contributed by atoms with Crippen molar-refractivity contribution >= 4 is 41.8 Å². The first kappa shape index (κ1) is 19.6. The first-order chi connectivity index (χ1) is 9.04. The molecule has 0 aliphatic rings. The third-order valence-electron chi connectivity index (χ3n) is 2.92. The second kappa shape index (κ2) is 8.17. The standard InChI is InChI=1S/C13H19N5O.2ClH/c1-8(2)18-12-10(7-16-18)6-11(9(3)17-12)13(19)15-5-4-14;;/h6-8H,4-5,14H2,1-3H3,(H,15,19);2*1H. The van der Waals surface area contributed by atoms with Gasteiger partial charge in [-0.15, -0.1) is 24.8 Å². The Morgan fingerprint density at radius 2 is 2.10 bits per heavy atom. The molecule has 0 saturated heterocycles. The normalized spacial score (nSPS) is 10.1. The number of aromatic nitrogens is 3. The van der Waals surface area contributed by atoms with Crippen LogP contribution < -0.4 is 11.1 Å². The lowest BCUT2D eigenvalue weighted by molar-refractivity contribution is 0.0954. The van der Waals surface area contributed by atoms with Crippen molar-refractivity contribution in [1.82, 2.24) is 20.1 Å². The van der Waals surface area contributed by atoms with E-state index in [1.807, 2.05) is 31.5 Å². The van der Waals surface area contributed by atoms with Crippen LogP contribution in [0.4, 0.5) is 0 Å². The number of nitrogens with two attached hydrogens (primary N) is 1. The predicted molar refractivity (Wildman–Crippen MR) is 88.5 cm³/mol. The largest absolute Gasteiger partial charge is 0.351 e. The van der Waals surface area contributed by atoms with Gasteiger partial charge in [0.2, 0.25) is 0 Å².